The van der Waals surface area contributed by atoms with E-state index in [1.165, 1.54) is 0 Å². The van der Waals surface area contributed by atoms with Crippen molar-refractivity contribution in [2.24, 2.45) is 5.92 Å². The zero-order valence-corrected chi connectivity index (χ0v) is 10.2. The van der Waals surface area contributed by atoms with Crippen molar-refractivity contribution >= 4 is 5.97 Å². The third-order valence-electron chi connectivity index (χ3n) is 3.28. The first-order valence-corrected chi connectivity index (χ1v) is 6.19. The van der Waals surface area contributed by atoms with Crippen molar-refractivity contribution in [3.8, 4) is 0 Å². The van der Waals surface area contributed by atoms with Crippen LogP contribution in [-0.2, 0) is 17.8 Å². The van der Waals surface area contributed by atoms with Gasteiger partial charge >= 0.3 is 5.97 Å². The second kappa shape index (κ2) is 5.36. The van der Waals surface area contributed by atoms with Crippen LogP contribution in [0.4, 0.5) is 0 Å². The van der Waals surface area contributed by atoms with E-state index in [0.717, 1.165) is 44.0 Å². The molecular weight excluding hydrogens is 218 g/mol. The van der Waals surface area contributed by atoms with Gasteiger partial charge in [-0.25, -0.2) is 0 Å². The third kappa shape index (κ3) is 3.33. The van der Waals surface area contributed by atoms with Crippen LogP contribution in [0.15, 0.2) is 16.5 Å². The number of furan rings is 1. The Bertz CT molecular complexity index is 386. The van der Waals surface area contributed by atoms with Crippen LogP contribution < -0.4 is 0 Å². The molecule has 1 aromatic heterocycles. The number of rotatable bonds is 5. The molecular formula is C13H19NO3. The molecule has 0 bridgehead atoms. The summed E-state index contributed by atoms with van der Waals surface area (Å²) in [6, 6.07) is 4.03. The summed E-state index contributed by atoms with van der Waals surface area (Å²) < 4.78 is 5.65. The van der Waals surface area contributed by atoms with Crippen molar-refractivity contribution in [1.29, 1.82) is 0 Å². The number of hydrogen-bond acceptors (Lipinski definition) is 3. The molecule has 0 amide bonds. The minimum Gasteiger partial charge on any atom is -0.481 e. The maximum atomic E-state index is 10.6. The first kappa shape index (κ1) is 12.2. The highest BCUT2D eigenvalue weighted by Crippen LogP contribution is 2.22. The molecule has 0 radical (unpaired) electrons. The van der Waals surface area contributed by atoms with Crippen LogP contribution in [0.25, 0.3) is 0 Å². The SMILES string of the molecule is CCc1ccc(CN2CCC(CC(=O)O)C2)o1. The number of carboxylic acid groups (broad SMARTS) is 1. The van der Waals surface area contributed by atoms with E-state index >= 15 is 0 Å². The number of aryl methyl sites for hydroxylation is 1. The van der Waals surface area contributed by atoms with Crippen LogP contribution in [0.2, 0.25) is 0 Å². The van der Waals surface area contributed by atoms with E-state index in [1.807, 2.05) is 12.1 Å². The normalized spacial score (nSPS) is 20.9. The maximum absolute atomic E-state index is 10.6. The summed E-state index contributed by atoms with van der Waals surface area (Å²) in [4.78, 5) is 12.9. The average Bonchev–Trinajstić information content (AvgIpc) is 2.88. The Hall–Kier alpha value is -1.29. The summed E-state index contributed by atoms with van der Waals surface area (Å²) in [6.07, 6.45) is 2.18. The number of likely N-dealkylation sites (tertiary alicyclic amines) is 1. The summed E-state index contributed by atoms with van der Waals surface area (Å²) in [5.74, 6) is 1.61. The lowest BCUT2D eigenvalue weighted by Crippen LogP contribution is -2.20. The Balaban J connectivity index is 1.83. The lowest BCUT2D eigenvalue weighted by atomic mass is 10.1. The first-order chi connectivity index (χ1) is 8.17. The van der Waals surface area contributed by atoms with Crippen molar-refractivity contribution in [1.82, 2.24) is 4.90 Å². The van der Waals surface area contributed by atoms with E-state index in [-0.39, 0.29) is 6.42 Å². The lowest BCUT2D eigenvalue weighted by molar-refractivity contribution is -0.138. The third-order valence-corrected chi connectivity index (χ3v) is 3.28. The van der Waals surface area contributed by atoms with E-state index in [2.05, 4.69) is 11.8 Å². The van der Waals surface area contributed by atoms with Gasteiger partial charge in [0.05, 0.1) is 6.54 Å². The molecule has 0 saturated carbocycles. The summed E-state index contributed by atoms with van der Waals surface area (Å²) in [7, 11) is 0. The fourth-order valence-electron chi connectivity index (χ4n) is 2.39. The van der Waals surface area contributed by atoms with Crippen molar-refractivity contribution in [3.63, 3.8) is 0 Å². The zero-order valence-electron chi connectivity index (χ0n) is 10.2. The minimum atomic E-state index is -0.692. The van der Waals surface area contributed by atoms with Crippen LogP contribution in [0.5, 0.6) is 0 Å². The van der Waals surface area contributed by atoms with Crippen molar-refractivity contribution in [2.75, 3.05) is 13.1 Å². The highest BCUT2D eigenvalue weighted by Gasteiger charge is 2.24. The molecule has 1 N–H and O–H groups in total. The summed E-state index contributed by atoms with van der Waals surface area (Å²) in [6.45, 7) is 4.71. The van der Waals surface area contributed by atoms with E-state index in [1.54, 1.807) is 0 Å². The van der Waals surface area contributed by atoms with Gasteiger partial charge in [0.2, 0.25) is 0 Å². The van der Waals surface area contributed by atoms with Gasteiger partial charge < -0.3 is 9.52 Å². The Morgan fingerprint density at radius 2 is 2.29 bits per heavy atom. The molecule has 17 heavy (non-hydrogen) atoms. The van der Waals surface area contributed by atoms with E-state index in [9.17, 15) is 4.79 Å². The molecule has 1 aliphatic heterocycles. The fourth-order valence-corrected chi connectivity index (χ4v) is 2.39. The smallest absolute Gasteiger partial charge is 0.303 e. The van der Waals surface area contributed by atoms with Crippen LogP contribution in [0.3, 0.4) is 0 Å². The summed E-state index contributed by atoms with van der Waals surface area (Å²) in [5, 5.41) is 8.75. The second-order valence-electron chi connectivity index (χ2n) is 4.71. The van der Waals surface area contributed by atoms with E-state index < -0.39 is 5.97 Å². The van der Waals surface area contributed by atoms with Crippen LogP contribution in [0.1, 0.15) is 31.3 Å². The van der Waals surface area contributed by atoms with Gasteiger partial charge in [0.15, 0.2) is 0 Å². The van der Waals surface area contributed by atoms with Gasteiger partial charge in [0.1, 0.15) is 11.5 Å². The van der Waals surface area contributed by atoms with Gasteiger partial charge in [-0.2, -0.15) is 0 Å². The molecule has 1 saturated heterocycles. The molecule has 4 heteroatoms. The topological polar surface area (TPSA) is 53.7 Å². The molecule has 2 heterocycles. The zero-order chi connectivity index (χ0) is 12.3. The molecule has 1 unspecified atom stereocenters. The summed E-state index contributed by atoms with van der Waals surface area (Å²) in [5.41, 5.74) is 0. The number of hydrogen-bond donors (Lipinski definition) is 1. The average molecular weight is 237 g/mol. The van der Waals surface area contributed by atoms with Crippen LogP contribution in [0, 0.1) is 5.92 Å². The standard InChI is InChI=1S/C13H19NO3/c1-2-11-3-4-12(17-11)9-14-6-5-10(8-14)7-13(15)16/h3-4,10H,2,5-9H2,1H3,(H,15,16). The van der Waals surface area contributed by atoms with Gasteiger partial charge in [-0.3, -0.25) is 9.69 Å². The minimum absolute atomic E-state index is 0.287. The monoisotopic (exact) mass is 237 g/mol. The molecule has 4 nitrogen and oxygen atoms in total. The van der Waals surface area contributed by atoms with Gasteiger partial charge in [-0.15, -0.1) is 0 Å². The molecule has 1 aliphatic rings. The molecule has 94 valence electrons. The molecule has 1 aromatic rings. The van der Waals surface area contributed by atoms with Crippen LogP contribution in [-0.4, -0.2) is 29.1 Å². The van der Waals surface area contributed by atoms with Gasteiger partial charge in [-0.05, 0) is 31.0 Å². The fraction of sp³-hybridized carbons (Fsp3) is 0.615. The Morgan fingerprint density at radius 3 is 2.94 bits per heavy atom. The van der Waals surface area contributed by atoms with Gasteiger partial charge in [-0.1, -0.05) is 6.92 Å². The Morgan fingerprint density at radius 1 is 1.53 bits per heavy atom. The molecule has 1 atom stereocenters. The number of carboxylic acids is 1. The largest absolute Gasteiger partial charge is 0.481 e. The Labute approximate surface area is 101 Å². The highest BCUT2D eigenvalue weighted by molar-refractivity contribution is 5.67. The lowest BCUT2D eigenvalue weighted by Gasteiger charge is -2.13. The number of carbonyl (C=O) groups is 1. The first-order valence-electron chi connectivity index (χ1n) is 6.19. The van der Waals surface area contributed by atoms with E-state index in [0.29, 0.717) is 5.92 Å². The van der Waals surface area contributed by atoms with Crippen LogP contribution >= 0.6 is 0 Å². The maximum Gasteiger partial charge on any atom is 0.303 e. The van der Waals surface area contributed by atoms with Crippen molar-refractivity contribution < 1.29 is 14.3 Å². The quantitative estimate of drug-likeness (QED) is 0.852. The molecule has 2 rings (SSSR count). The number of nitrogens with zero attached hydrogens (tertiary/aromatic N) is 1. The predicted octanol–water partition coefficient (Wildman–Crippen LogP) is 2.14. The summed E-state index contributed by atoms with van der Waals surface area (Å²) >= 11 is 0. The van der Waals surface area contributed by atoms with Gasteiger partial charge in [0, 0.05) is 19.4 Å². The molecule has 0 spiro atoms. The highest BCUT2D eigenvalue weighted by atomic mass is 16.4. The van der Waals surface area contributed by atoms with Crippen molar-refractivity contribution in [3.05, 3.63) is 23.7 Å². The predicted molar refractivity (Wildman–Crippen MR) is 63.7 cm³/mol. The molecule has 0 aromatic carbocycles. The molecule has 1 fully saturated rings. The van der Waals surface area contributed by atoms with Crippen molar-refractivity contribution in [2.45, 2.75) is 32.7 Å². The van der Waals surface area contributed by atoms with E-state index in [4.69, 9.17) is 9.52 Å². The second-order valence-corrected chi connectivity index (χ2v) is 4.71. The Kier molecular flexibility index (Phi) is 3.84. The molecule has 0 aliphatic carbocycles. The van der Waals surface area contributed by atoms with Gasteiger partial charge in [0.25, 0.3) is 0 Å². The number of aliphatic carboxylic acids is 1.